The molecule has 0 aliphatic heterocycles. The van der Waals surface area contributed by atoms with Crippen LogP contribution in [0.3, 0.4) is 0 Å². The Balaban J connectivity index is 2.39. The van der Waals surface area contributed by atoms with E-state index in [0.717, 1.165) is 6.42 Å². The highest BCUT2D eigenvalue weighted by molar-refractivity contribution is 5.28. The van der Waals surface area contributed by atoms with Crippen molar-refractivity contribution in [3.63, 3.8) is 0 Å². The summed E-state index contributed by atoms with van der Waals surface area (Å²) in [6.45, 7) is 4.53. The van der Waals surface area contributed by atoms with Crippen LogP contribution in [0.5, 0.6) is 0 Å². The van der Waals surface area contributed by atoms with Crippen LogP contribution in [0.2, 0.25) is 0 Å². The lowest BCUT2D eigenvalue weighted by atomic mass is 9.78. The maximum atomic E-state index is 5.89. The highest BCUT2D eigenvalue weighted by Gasteiger charge is 2.27. The van der Waals surface area contributed by atoms with Crippen molar-refractivity contribution in [1.29, 1.82) is 0 Å². The number of hydrogen-bond acceptors (Lipinski definition) is 2. The first-order chi connectivity index (χ1) is 9.77. The van der Waals surface area contributed by atoms with Gasteiger partial charge in [0.1, 0.15) is 0 Å². The molecule has 0 fully saturated rings. The zero-order valence-corrected chi connectivity index (χ0v) is 12.3. The van der Waals surface area contributed by atoms with Gasteiger partial charge in [-0.05, 0) is 17.0 Å². The molecular weight excluding hydrogens is 244 g/mol. The monoisotopic (exact) mass is 268 g/mol. The molecule has 3 N–H and O–H groups in total. The molecule has 2 rings (SSSR count). The molecular formula is C18H24N2. The Morgan fingerprint density at radius 1 is 0.900 bits per heavy atom. The van der Waals surface area contributed by atoms with Crippen molar-refractivity contribution in [2.45, 2.75) is 32.2 Å². The molecule has 0 bridgehead atoms. The fourth-order valence-corrected chi connectivity index (χ4v) is 2.85. The maximum Gasteiger partial charge on any atom is 0.0531 e. The fourth-order valence-electron chi connectivity index (χ4n) is 2.85. The van der Waals surface area contributed by atoms with E-state index in [1.54, 1.807) is 0 Å². The summed E-state index contributed by atoms with van der Waals surface area (Å²) in [5.74, 6) is 6.81. The molecule has 3 unspecified atom stereocenters. The predicted octanol–water partition coefficient (Wildman–Crippen LogP) is 4.02. The highest BCUT2D eigenvalue weighted by atomic mass is 15.2. The molecule has 0 aromatic heterocycles. The summed E-state index contributed by atoms with van der Waals surface area (Å²) in [5.41, 5.74) is 5.61. The second-order valence-corrected chi connectivity index (χ2v) is 5.38. The second-order valence-electron chi connectivity index (χ2n) is 5.38. The van der Waals surface area contributed by atoms with Gasteiger partial charge in [0.05, 0.1) is 6.04 Å². The third-order valence-electron chi connectivity index (χ3n) is 4.14. The van der Waals surface area contributed by atoms with Crippen LogP contribution >= 0.6 is 0 Å². The Hall–Kier alpha value is -1.64. The van der Waals surface area contributed by atoms with Gasteiger partial charge < -0.3 is 0 Å². The predicted molar refractivity (Wildman–Crippen MR) is 85.1 cm³/mol. The molecule has 0 radical (unpaired) electrons. The van der Waals surface area contributed by atoms with E-state index >= 15 is 0 Å². The van der Waals surface area contributed by atoms with Gasteiger partial charge in [-0.1, -0.05) is 80.9 Å². The number of hydrogen-bond donors (Lipinski definition) is 2. The Labute approximate surface area is 122 Å². The molecule has 0 heterocycles. The van der Waals surface area contributed by atoms with E-state index in [0.29, 0.717) is 11.8 Å². The molecule has 0 saturated heterocycles. The lowest BCUT2D eigenvalue weighted by molar-refractivity contribution is 0.343. The molecule has 0 saturated carbocycles. The fraction of sp³-hybridized carbons (Fsp3) is 0.333. The molecule has 2 heteroatoms. The summed E-state index contributed by atoms with van der Waals surface area (Å²) in [6.07, 6.45) is 1.13. The van der Waals surface area contributed by atoms with Crippen LogP contribution in [-0.4, -0.2) is 0 Å². The van der Waals surface area contributed by atoms with Crippen molar-refractivity contribution in [3.8, 4) is 0 Å². The van der Waals surface area contributed by atoms with Crippen LogP contribution in [-0.2, 0) is 0 Å². The van der Waals surface area contributed by atoms with Gasteiger partial charge in [0.25, 0.3) is 0 Å². The number of nitrogens with two attached hydrogens (primary N) is 1. The Kier molecular flexibility index (Phi) is 5.33. The van der Waals surface area contributed by atoms with Crippen molar-refractivity contribution in [2.75, 3.05) is 0 Å². The number of hydrazine groups is 1. The summed E-state index contributed by atoms with van der Waals surface area (Å²) in [7, 11) is 0. The van der Waals surface area contributed by atoms with Crippen LogP contribution < -0.4 is 11.3 Å². The standard InChI is InChI=1S/C18H24N2/c1-3-14(2)17(15-10-6-4-7-11-15)18(20-19)16-12-8-5-9-13-16/h4-14,17-18,20H,3,19H2,1-2H3. The van der Waals surface area contributed by atoms with Crippen LogP contribution in [0, 0.1) is 5.92 Å². The third-order valence-corrected chi connectivity index (χ3v) is 4.14. The van der Waals surface area contributed by atoms with Gasteiger partial charge in [-0.25, -0.2) is 0 Å². The van der Waals surface area contributed by atoms with Crippen LogP contribution in [0.4, 0.5) is 0 Å². The summed E-state index contributed by atoms with van der Waals surface area (Å²) in [6, 6.07) is 21.2. The largest absolute Gasteiger partial charge is 0.271 e. The first-order valence-electron chi connectivity index (χ1n) is 7.34. The van der Waals surface area contributed by atoms with E-state index in [2.05, 4.69) is 73.9 Å². The van der Waals surface area contributed by atoms with E-state index in [1.165, 1.54) is 11.1 Å². The zero-order valence-electron chi connectivity index (χ0n) is 12.3. The van der Waals surface area contributed by atoms with Gasteiger partial charge in [-0.15, -0.1) is 0 Å². The quantitative estimate of drug-likeness (QED) is 0.613. The van der Waals surface area contributed by atoms with Crippen LogP contribution in [0.25, 0.3) is 0 Å². The second kappa shape index (κ2) is 7.22. The van der Waals surface area contributed by atoms with Crippen molar-refractivity contribution >= 4 is 0 Å². The zero-order chi connectivity index (χ0) is 14.4. The number of nitrogens with one attached hydrogen (secondary N) is 1. The summed E-state index contributed by atoms with van der Waals surface area (Å²) in [4.78, 5) is 0. The molecule has 0 spiro atoms. The van der Waals surface area contributed by atoms with E-state index in [4.69, 9.17) is 5.84 Å². The van der Waals surface area contributed by atoms with Gasteiger partial charge in [-0.2, -0.15) is 0 Å². The van der Waals surface area contributed by atoms with Crippen molar-refractivity contribution < 1.29 is 0 Å². The molecule has 0 aliphatic rings. The topological polar surface area (TPSA) is 38.0 Å². The number of rotatable bonds is 6. The van der Waals surface area contributed by atoms with Crippen LogP contribution in [0.15, 0.2) is 60.7 Å². The number of benzene rings is 2. The minimum atomic E-state index is 0.133. The maximum absolute atomic E-state index is 5.89. The highest BCUT2D eigenvalue weighted by Crippen LogP contribution is 2.37. The van der Waals surface area contributed by atoms with E-state index in [9.17, 15) is 0 Å². The van der Waals surface area contributed by atoms with Crippen LogP contribution in [0.1, 0.15) is 43.4 Å². The van der Waals surface area contributed by atoms with Gasteiger partial charge in [0.15, 0.2) is 0 Å². The Bertz CT molecular complexity index is 495. The first kappa shape index (κ1) is 14.8. The Morgan fingerprint density at radius 2 is 1.40 bits per heavy atom. The summed E-state index contributed by atoms with van der Waals surface area (Å²) in [5, 5.41) is 0. The van der Waals surface area contributed by atoms with E-state index in [1.807, 2.05) is 6.07 Å². The van der Waals surface area contributed by atoms with Gasteiger partial charge in [0, 0.05) is 5.92 Å². The molecule has 0 aliphatic carbocycles. The normalized spacial score (nSPS) is 15.6. The minimum Gasteiger partial charge on any atom is -0.271 e. The summed E-state index contributed by atoms with van der Waals surface area (Å²) < 4.78 is 0. The molecule has 2 aromatic carbocycles. The molecule has 0 amide bonds. The van der Waals surface area contributed by atoms with Crippen molar-refractivity contribution in [3.05, 3.63) is 71.8 Å². The lowest BCUT2D eigenvalue weighted by Gasteiger charge is -2.32. The van der Waals surface area contributed by atoms with E-state index in [-0.39, 0.29) is 6.04 Å². The van der Waals surface area contributed by atoms with Gasteiger partial charge in [-0.3, -0.25) is 11.3 Å². The first-order valence-corrected chi connectivity index (χ1v) is 7.34. The van der Waals surface area contributed by atoms with Crippen molar-refractivity contribution in [2.24, 2.45) is 11.8 Å². The molecule has 106 valence electrons. The third kappa shape index (κ3) is 3.27. The molecule has 3 atom stereocenters. The molecule has 2 nitrogen and oxygen atoms in total. The average Bonchev–Trinajstić information content (AvgIpc) is 2.53. The molecule has 2 aromatic rings. The van der Waals surface area contributed by atoms with Gasteiger partial charge in [0.2, 0.25) is 0 Å². The van der Waals surface area contributed by atoms with Gasteiger partial charge >= 0.3 is 0 Å². The smallest absolute Gasteiger partial charge is 0.0531 e. The minimum absolute atomic E-state index is 0.133. The Morgan fingerprint density at radius 3 is 1.85 bits per heavy atom. The summed E-state index contributed by atoms with van der Waals surface area (Å²) >= 11 is 0. The average molecular weight is 268 g/mol. The van der Waals surface area contributed by atoms with E-state index < -0.39 is 0 Å². The molecule has 20 heavy (non-hydrogen) atoms. The van der Waals surface area contributed by atoms with Crippen molar-refractivity contribution in [1.82, 2.24) is 5.43 Å². The lowest BCUT2D eigenvalue weighted by Crippen LogP contribution is -2.35. The SMILES string of the molecule is CCC(C)C(c1ccccc1)C(NN)c1ccccc1.